The molecular weight excluding hydrogens is 901 g/mol. The predicted molar refractivity (Wildman–Crippen MR) is 306 cm³/mol. The van der Waals surface area contributed by atoms with Crippen molar-refractivity contribution in [2.24, 2.45) is 0 Å². The molecule has 74 heavy (non-hydrogen) atoms. The van der Waals surface area contributed by atoms with Gasteiger partial charge < -0.3 is 18.9 Å². The third-order valence-electron chi connectivity index (χ3n) is 14.2. The van der Waals surface area contributed by atoms with Crippen LogP contribution in [-0.4, -0.2) is 9.13 Å². The first kappa shape index (κ1) is 43.6. The average Bonchev–Trinajstić information content (AvgIpc) is 4.00. The Morgan fingerprint density at radius 2 is 0.649 bits per heavy atom. The Kier molecular flexibility index (Phi) is 10.8. The van der Waals surface area contributed by atoms with Gasteiger partial charge in [-0.1, -0.05) is 133 Å². The Hall–Kier alpha value is -10.4. The van der Waals surface area contributed by atoms with E-state index in [1.165, 1.54) is 16.2 Å². The second-order valence-electron chi connectivity index (χ2n) is 18.4. The molecule has 6 heteroatoms. The van der Waals surface area contributed by atoms with Crippen LogP contribution >= 0.6 is 0 Å². The van der Waals surface area contributed by atoms with Crippen molar-refractivity contribution in [3.05, 3.63) is 284 Å². The van der Waals surface area contributed by atoms with Gasteiger partial charge in [0.2, 0.25) is 0 Å². The topological polar surface area (TPSA) is 44.5 Å². The first-order chi connectivity index (χ1) is 36.6. The Morgan fingerprint density at radius 3 is 1.04 bits per heavy atom. The summed E-state index contributed by atoms with van der Waals surface area (Å²) in [5.41, 5.74) is 18.5. The summed E-state index contributed by atoms with van der Waals surface area (Å²) in [5.74, 6) is 0. The van der Waals surface area contributed by atoms with Crippen LogP contribution in [0.3, 0.4) is 0 Å². The van der Waals surface area contributed by atoms with Crippen molar-refractivity contribution in [2.45, 2.75) is 0 Å². The third-order valence-corrected chi connectivity index (χ3v) is 14.2. The van der Waals surface area contributed by atoms with Gasteiger partial charge in [0.05, 0.1) is 40.3 Å². The highest BCUT2D eigenvalue weighted by Gasteiger charge is 2.20. The Morgan fingerprint density at radius 1 is 0.324 bits per heavy atom. The molecule has 0 bridgehead atoms. The van der Waals surface area contributed by atoms with E-state index in [1.54, 1.807) is 0 Å². The van der Waals surface area contributed by atoms with Gasteiger partial charge in [0, 0.05) is 67.0 Å². The van der Waals surface area contributed by atoms with Crippen LogP contribution in [0.2, 0.25) is 0 Å². The lowest BCUT2D eigenvalue weighted by molar-refractivity contribution is 1.18. The largest absolute Gasteiger partial charge is 0.311 e. The van der Waals surface area contributed by atoms with Gasteiger partial charge in [0.15, 0.2) is 5.69 Å². The van der Waals surface area contributed by atoms with E-state index in [-0.39, 0.29) is 0 Å². The number of benzene rings is 11. The lowest BCUT2D eigenvalue weighted by atomic mass is 9.99. The highest BCUT2D eigenvalue weighted by atomic mass is 15.1. The van der Waals surface area contributed by atoms with Crippen LogP contribution in [-0.2, 0) is 0 Å². The second-order valence-corrected chi connectivity index (χ2v) is 18.4. The molecule has 0 N–H and O–H groups in total. The van der Waals surface area contributed by atoms with E-state index in [1.807, 2.05) is 48.5 Å². The normalized spacial score (nSPS) is 11.2. The number of nitrogens with zero attached hydrogens (tertiary/aromatic N) is 6. The zero-order valence-corrected chi connectivity index (χ0v) is 40.1. The summed E-state index contributed by atoms with van der Waals surface area (Å²) in [5, 5.41) is 14.4. The van der Waals surface area contributed by atoms with Crippen LogP contribution in [0.4, 0.5) is 39.8 Å². The molecule has 0 unspecified atom stereocenters. The van der Waals surface area contributed by atoms with Crippen LogP contribution in [0.25, 0.3) is 82.1 Å². The molecule has 0 atom stereocenters. The molecular formula is C68H44N6. The number of para-hydroxylation sites is 4. The predicted octanol–water partition coefficient (Wildman–Crippen LogP) is 18.6. The maximum atomic E-state index is 9.66. The molecule has 0 amide bonds. The first-order valence-corrected chi connectivity index (χ1v) is 24.7. The molecule has 6 nitrogen and oxygen atoms in total. The van der Waals surface area contributed by atoms with E-state index >= 15 is 0 Å². The van der Waals surface area contributed by atoms with Crippen LogP contribution in [0, 0.1) is 17.9 Å². The van der Waals surface area contributed by atoms with Crippen molar-refractivity contribution in [2.75, 3.05) is 9.80 Å². The summed E-state index contributed by atoms with van der Waals surface area (Å²) in [6, 6.07) is 95.8. The van der Waals surface area contributed by atoms with E-state index in [0.717, 1.165) is 95.2 Å². The van der Waals surface area contributed by atoms with Crippen molar-refractivity contribution in [3.63, 3.8) is 0 Å². The summed E-state index contributed by atoms with van der Waals surface area (Å²) in [4.78, 5) is 8.20. The number of rotatable bonds is 10. The molecule has 0 aliphatic rings. The summed E-state index contributed by atoms with van der Waals surface area (Å²) >= 11 is 0. The molecule has 0 fully saturated rings. The molecule has 13 aromatic rings. The number of fused-ring (bicyclic) bond motifs is 6. The molecule has 346 valence electrons. The fourth-order valence-electron chi connectivity index (χ4n) is 10.6. The molecule has 0 aliphatic heterocycles. The lowest BCUT2D eigenvalue weighted by Crippen LogP contribution is -2.10. The standard InChI is InChI=1S/C68H44N6/c1-70-52-30-38-58(39-31-52)72(60-41-43-68-64(45-60)62-17-9-11-19-66(62)74(68)54-14-6-3-7-15-54)57-36-28-51(29-37-57)49-24-22-48(23-25-49)50-26-34-56(35-27-50)71(55-32-20-47(46-69)21-33-55)59-40-42-67-63(44-59)61-16-8-10-18-65(61)73(67)53-12-4-2-5-13-53/h2-45H. The molecule has 2 heterocycles. The van der Waals surface area contributed by atoms with Crippen LogP contribution in [0.15, 0.2) is 267 Å². The van der Waals surface area contributed by atoms with Gasteiger partial charge >= 0.3 is 0 Å². The minimum absolute atomic E-state index is 0.604. The fraction of sp³-hybridized carbons (Fsp3) is 0. The lowest BCUT2D eigenvalue weighted by Gasteiger charge is -2.26. The average molecular weight is 945 g/mol. The summed E-state index contributed by atoms with van der Waals surface area (Å²) in [6.45, 7) is 7.61. The Bertz CT molecular complexity index is 3990. The molecule has 13 rings (SSSR count). The van der Waals surface area contributed by atoms with Gasteiger partial charge in [0.25, 0.3) is 0 Å². The minimum Gasteiger partial charge on any atom is -0.311 e. The van der Waals surface area contributed by atoms with E-state index in [4.69, 9.17) is 6.57 Å². The van der Waals surface area contributed by atoms with Gasteiger partial charge in [0.1, 0.15) is 0 Å². The molecule has 0 saturated heterocycles. The van der Waals surface area contributed by atoms with Gasteiger partial charge in [-0.05, 0) is 156 Å². The van der Waals surface area contributed by atoms with Crippen molar-refractivity contribution >= 4 is 83.4 Å². The Labute approximate surface area is 429 Å². The molecule has 0 radical (unpaired) electrons. The van der Waals surface area contributed by atoms with Crippen molar-refractivity contribution in [1.82, 2.24) is 9.13 Å². The van der Waals surface area contributed by atoms with Gasteiger partial charge in [-0.3, -0.25) is 0 Å². The van der Waals surface area contributed by atoms with E-state index in [9.17, 15) is 5.26 Å². The summed E-state index contributed by atoms with van der Waals surface area (Å²) < 4.78 is 4.67. The SMILES string of the molecule is [C-]#[N+]c1ccc(N(c2ccc(-c3ccc(-c4ccc(N(c5ccc(C#N)cc5)c5ccc6c(c5)c5ccccc5n6-c5ccccc5)cc4)cc3)cc2)c2ccc3c(c2)c2ccccc2n3-c2ccccc2)cc1. The Balaban J connectivity index is 0.811. The maximum absolute atomic E-state index is 9.66. The highest BCUT2D eigenvalue weighted by molar-refractivity contribution is 6.12. The van der Waals surface area contributed by atoms with E-state index in [2.05, 4.69) is 248 Å². The monoisotopic (exact) mass is 944 g/mol. The molecule has 11 aromatic carbocycles. The molecule has 0 aliphatic carbocycles. The number of hydrogen-bond acceptors (Lipinski definition) is 3. The minimum atomic E-state index is 0.604. The van der Waals surface area contributed by atoms with Gasteiger partial charge in [-0.2, -0.15) is 5.26 Å². The number of aromatic nitrogens is 2. The molecule has 0 spiro atoms. The molecule has 0 saturated carbocycles. The van der Waals surface area contributed by atoms with Crippen molar-refractivity contribution in [3.8, 4) is 39.7 Å². The third kappa shape index (κ3) is 7.68. The van der Waals surface area contributed by atoms with Crippen LogP contribution in [0.1, 0.15) is 5.56 Å². The second kappa shape index (κ2) is 18.4. The summed E-state index contributed by atoms with van der Waals surface area (Å²) in [7, 11) is 0. The smallest absolute Gasteiger partial charge is 0.187 e. The van der Waals surface area contributed by atoms with Crippen molar-refractivity contribution in [1.29, 1.82) is 5.26 Å². The van der Waals surface area contributed by atoms with E-state index < -0.39 is 0 Å². The maximum Gasteiger partial charge on any atom is 0.187 e. The van der Waals surface area contributed by atoms with Crippen LogP contribution < -0.4 is 9.80 Å². The quantitative estimate of drug-likeness (QED) is 0.128. The highest BCUT2D eigenvalue weighted by Crippen LogP contribution is 2.43. The zero-order valence-electron chi connectivity index (χ0n) is 40.1. The number of anilines is 6. The van der Waals surface area contributed by atoms with E-state index in [0.29, 0.717) is 11.3 Å². The van der Waals surface area contributed by atoms with Gasteiger partial charge in [-0.15, -0.1) is 0 Å². The first-order valence-electron chi connectivity index (χ1n) is 24.7. The number of nitriles is 1. The zero-order chi connectivity index (χ0) is 49.5. The molecule has 2 aromatic heterocycles. The van der Waals surface area contributed by atoms with Crippen molar-refractivity contribution < 1.29 is 0 Å². The summed E-state index contributed by atoms with van der Waals surface area (Å²) in [6.07, 6.45) is 0. The number of hydrogen-bond donors (Lipinski definition) is 0. The fourth-order valence-corrected chi connectivity index (χ4v) is 10.6. The van der Waals surface area contributed by atoms with Crippen LogP contribution in [0.5, 0.6) is 0 Å². The van der Waals surface area contributed by atoms with Gasteiger partial charge in [-0.25, -0.2) is 4.85 Å².